The molecule has 1 heterocycles. The Morgan fingerprint density at radius 3 is 2.59 bits per heavy atom. The molecule has 118 valence electrons. The van der Waals surface area contributed by atoms with Gasteiger partial charge in [-0.3, -0.25) is 4.79 Å². The van der Waals surface area contributed by atoms with E-state index in [4.69, 9.17) is 5.11 Å². The van der Waals surface area contributed by atoms with E-state index in [1.165, 1.54) is 23.5 Å². The van der Waals surface area contributed by atoms with Crippen molar-refractivity contribution < 1.29 is 14.3 Å². The monoisotopic (exact) mass is 322 g/mol. The minimum Gasteiger partial charge on any atom is -0.481 e. The maximum absolute atomic E-state index is 13.0. The number of hydrogen-bond acceptors (Lipinski definition) is 4. The molecule has 0 radical (unpaired) electrons. The molecule has 2 rings (SSSR count). The number of benzene rings is 1. The lowest BCUT2D eigenvalue weighted by molar-refractivity contribution is -0.136. The summed E-state index contributed by atoms with van der Waals surface area (Å²) in [6, 6.07) is 6.23. The van der Waals surface area contributed by atoms with Crippen molar-refractivity contribution >= 4 is 22.4 Å². The van der Waals surface area contributed by atoms with E-state index in [-0.39, 0.29) is 12.2 Å². The fourth-order valence-electron chi connectivity index (χ4n) is 1.97. The highest BCUT2D eigenvalue weighted by molar-refractivity contribution is 7.13. The Labute approximate surface area is 133 Å². The van der Waals surface area contributed by atoms with Gasteiger partial charge >= 0.3 is 5.97 Å². The summed E-state index contributed by atoms with van der Waals surface area (Å²) >= 11 is 1.51. The SMILES string of the molecule is CC(C)c1csc(N(CCC(=O)O)Cc2ccc(F)cc2)n1. The van der Waals surface area contributed by atoms with Crippen LogP contribution in [0.4, 0.5) is 9.52 Å². The molecule has 0 aliphatic heterocycles. The van der Waals surface area contributed by atoms with Crippen molar-refractivity contribution in [1.82, 2.24) is 4.98 Å². The Hall–Kier alpha value is -1.95. The number of halogens is 1. The fraction of sp³-hybridized carbons (Fsp3) is 0.375. The molecule has 1 N–H and O–H groups in total. The maximum atomic E-state index is 13.0. The van der Waals surface area contributed by atoms with Crippen molar-refractivity contribution in [1.29, 1.82) is 0 Å². The average Bonchev–Trinajstić information content (AvgIpc) is 2.95. The molecule has 0 amide bonds. The minimum absolute atomic E-state index is 0.0395. The Morgan fingerprint density at radius 1 is 1.36 bits per heavy atom. The van der Waals surface area contributed by atoms with Crippen molar-refractivity contribution in [2.24, 2.45) is 0 Å². The highest BCUT2D eigenvalue weighted by Gasteiger charge is 2.14. The molecular weight excluding hydrogens is 303 g/mol. The first-order valence-electron chi connectivity index (χ1n) is 7.12. The molecule has 0 fully saturated rings. The topological polar surface area (TPSA) is 53.4 Å². The first kappa shape index (κ1) is 16.4. The van der Waals surface area contributed by atoms with Gasteiger partial charge in [0.05, 0.1) is 12.1 Å². The Balaban J connectivity index is 2.17. The molecule has 0 spiro atoms. The molecule has 0 saturated carbocycles. The van der Waals surface area contributed by atoms with Gasteiger partial charge in [0.2, 0.25) is 0 Å². The van der Waals surface area contributed by atoms with E-state index in [0.717, 1.165) is 16.4 Å². The van der Waals surface area contributed by atoms with E-state index >= 15 is 0 Å². The Morgan fingerprint density at radius 2 is 2.05 bits per heavy atom. The number of hydrogen-bond donors (Lipinski definition) is 1. The summed E-state index contributed by atoms with van der Waals surface area (Å²) in [5.74, 6) is -0.793. The lowest BCUT2D eigenvalue weighted by atomic mass is 10.2. The number of carbonyl (C=O) groups is 1. The van der Waals surface area contributed by atoms with Gasteiger partial charge in [0.15, 0.2) is 5.13 Å². The van der Waals surface area contributed by atoms with E-state index in [1.807, 2.05) is 10.3 Å². The molecule has 0 aliphatic rings. The van der Waals surface area contributed by atoms with Crippen LogP contribution in [0.5, 0.6) is 0 Å². The molecule has 4 nitrogen and oxygen atoms in total. The number of nitrogens with zero attached hydrogens (tertiary/aromatic N) is 2. The van der Waals surface area contributed by atoms with Crippen LogP contribution >= 0.6 is 11.3 Å². The molecule has 0 unspecified atom stereocenters. The summed E-state index contributed by atoms with van der Waals surface area (Å²) in [7, 11) is 0. The van der Waals surface area contributed by atoms with Gasteiger partial charge in [0, 0.05) is 18.5 Å². The Kier molecular flexibility index (Phi) is 5.49. The van der Waals surface area contributed by atoms with Crippen LogP contribution < -0.4 is 4.90 Å². The highest BCUT2D eigenvalue weighted by atomic mass is 32.1. The van der Waals surface area contributed by atoms with Crippen molar-refractivity contribution in [2.75, 3.05) is 11.4 Å². The summed E-state index contributed by atoms with van der Waals surface area (Å²) in [6.07, 6.45) is 0.0395. The predicted octanol–water partition coefficient (Wildman–Crippen LogP) is 3.89. The lowest BCUT2D eigenvalue weighted by Crippen LogP contribution is -2.25. The first-order valence-corrected chi connectivity index (χ1v) is 8.00. The standard InChI is InChI=1S/C16H19FN2O2S/c1-11(2)14-10-22-16(18-14)19(8-7-15(20)21)9-12-3-5-13(17)6-4-12/h3-6,10-11H,7-9H2,1-2H3,(H,20,21). The molecule has 6 heteroatoms. The second-order valence-electron chi connectivity index (χ2n) is 5.40. The second kappa shape index (κ2) is 7.35. The number of anilines is 1. The molecule has 22 heavy (non-hydrogen) atoms. The summed E-state index contributed by atoms with van der Waals surface area (Å²) in [5, 5.41) is 11.7. The van der Waals surface area contributed by atoms with Crippen molar-refractivity contribution in [3.63, 3.8) is 0 Å². The molecule has 0 aliphatic carbocycles. The van der Waals surface area contributed by atoms with Gasteiger partial charge in [-0.2, -0.15) is 0 Å². The van der Waals surface area contributed by atoms with Crippen LogP contribution in [-0.2, 0) is 11.3 Å². The van der Waals surface area contributed by atoms with Crippen molar-refractivity contribution in [3.8, 4) is 0 Å². The largest absolute Gasteiger partial charge is 0.481 e. The number of rotatable bonds is 7. The minimum atomic E-state index is -0.843. The van der Waals surface area contributed by atoms with Crippen LogP contribution in [-0.4, -0.2) is 22.6 Å². The molecule has 0 bridgehead atoms. The third-order valence-corrected chi connectivity index (χ3v) is 4.17. The van der Waals surface area contributed by atoms with Crippen LogP contribution in [0.2, 0.25) is 0 Å². The molecule has 0 atom stereocenters. The van der Waals surface area contributed by atoms with Crippen molar-refractivity contribution in [3.05, 3.63) is 46.7 Å². The van der Waals surface area contributed by atoms with Gasteiger partial charge < -0.3 is 10.0 Å². The zero-order valence-corrected chi connectivity index (χ0v) is 13.4. The van der Waals surface area contributed by atoms with Gasteiger partial charge in [-0.05, 0) is 23.6 Å². The summed E-state index contributed by atoms with van der Waals surface area (Å²) in [4.78, 5) is 17.4. The normalized spacial score (nSPS) is 10.9. The number of aromatic nitrogens is 1. The summed E-state index contributed by atoms with van der Waals surface area (Å²) in [6.45, 7) is 5.02. The van der Waals surface area contributed by atoms with E-state index in [0.29, 0.717) is 19.0 Å². The van der Waals surface area contributed by atoms with E-state index in [2.05, 4.69) is 18.8 Å². The molecule has 0 saturated heterocycles. The predicted molar refractivity (Wildman–Crippen MR) is 85.9 cm³/mol. The zero-order valence-electron chi connectivity index (χ0n) is 12.6. The number of carboxylic acid groups (broad SMARTS) is 1. The van der Waals surface area contributed by atoms with E-state index in [9.17, 15) is 9.18 Å². The van der Waals surface area contributed by atoms with Gasteiger partial charge in [-0.15, -0.1) is 11.3 Å². The highest BCUT2D eigenvalue weighted by Crippen LogP contribution is 2.26. The average molecular weight is 322 g/mol. The number of aliphatic carboxylic acids is 1. The van der Waals surface area contributed by atoms with Gasteiger partial charge in [-0.1, -0.05) is 26.0 Å². The smallest absolute Gasteiger partial charge is 0.305 e. The zero-order chi connectivity index (χ0) is 16.1. The molecule has 1 aromatic carbocycles. The van der Waals surface area contributed by atoms with E-state index in [1.54, 1.807) is 12.1 Å². The van der Waals surface area contributed by atoms with Crippen LogP contribution in [0.3, 0.4) is 0 Å². The first-order chi connectivity index (χ1) is 10.5. The molecule has 2 aromatic rings. The van der Waals surface area contributed by atoms with Gasteiger partial charge in [0.1, 0.15) is 5.82 Å². The second-order valence-corrected chi connectivity index (χ2v) is 6.24. The summed E-state index contributed by atoms with van der Waals surface area (Å²) < 4.78 is 13.0. The summed E-state index contributed by atoms with van der Waals surface area (Å²) in [5.41, 5.74) is 1.92. The van der Waals surface area contributed by atoms with Crippen LogP contribution in [0.15, 0.2) is 29.6 Å². The van der Waals surface area contributed by atoms with Crippen molar-refractivity contribution in [2.45, 2.75) is 32.7 Å². The Bertz CT molecular complexity index is 625. The van der Waals surface area contributed by atoms with Gasteiger partial charge in [0.25, 0.3) is 0 Å². The van der Waals surface area contributed by atoms with Crippen LogP contribution in [0.1, 0.15) is 37.4 Å². The molecule has 1 aromatic heterocycles. The molecular formula is C16H19FN2O2S. The van der Waals surface area contributed by atoms with Crippen LogP contribution in [0, 0.1) is 5.82 Å². The third kappa shape index (κ3) is 4.53. The van der Waals surface area contributed by atoms with Crippen LogP contribution in [0.25, 0.3) is 0 Å². The fourth-order valence-corrected chi connectivity index (χ4v) is 2.98. The third-order valence-electron chi connectivity index (χ3n) is 3.25. The maximum Gasteiger partial charge on any atom is 0.305 e. The van der Waals surface area contributed by atoms with E-state index < -0.39 is 5.97 Å². The quantitative estimate of drug-likeness (QED) is 0.840. The number of thiazole rings is 1. The lowest BCUT2D eigenvalue weighted by Gasteiger charge is -2.21. The van der Waals surface area contributed by atoms with Gasteiger partial charge in [-0.25, -0.2) is 9.37 Å². The number of carboxylic acids is 1.